The first kappa shape index (κ1) is 19.4. The number of aromatic amines is 1. The van der Waals surface area contributed by atoms with Crippen molar-refractivity contribution >= 4 is 11.7 Å². The molecule has 2 amide bonds. The average molecular weight is 380 g/mol. The Morgan fingerprint density at radius 2 is 2.07 bits per heavy atom. The van der Waals surface area contributed by atoms with E-state index in [0.29, 0.717) is 17.3 Å². The van der Waals surface area contributed by atoms with Crippen molar-refractivity contribution in [3.8, 4) is 11.5 Å². The van der Waals surface area contributed by atoms with E-state index in [4.69, 9.17) is 0 Å². The first-order valence-corrected chi connectivity index (χ1v) is 9.21. The number of benzene rings is 1. The standard InChI is InChI=1S/C19H24N8O/c1-3-27(4-2)13-14-6-5-7-15(10-14)23-19(28)22-12-17-24-18(26-25-17)16-11-20-8-9-21-16/h5-11H,3-4,12-13H2,1-2H3,(H2,22,23,28)(H,24,25,26). The maximum Gasteiger partial charge on any atom is 0.319 e. The molecule has 0 aliphatic rings. The van der Waals surface area contributed by atoms with Crippen molar-refractivity contribution in [1.82, 2.24) is 35.4 Å². The Hall–Kier alpha value is -3.33. The van der Waals surface area contributed by atoms with Crippen molar-refractivity contribution in [2.24, 2.45) is 0 Å². The van der Waals surface area contributed by atoms with Gasteiger partial charge in [-0.1, -0.05) is 26.0 Å². The van der Waals surface area contributed by atoms with Crippen LogP contribution in [0, 0.1) is 0 Å². The minimum absolute atomic E-state index is 0.220. The summed E-state index contributed by atoms with van der Waals surface area (Å²) < 4.78 is 0. The molecule has 1 aromatic carbocycles. The summed E-state index contributed by atoms with van der Waals surface area (Å²) in [6.07, 6.45) is 4.74. The van der Waals surface area contributed by atoms with Gasteiger partial charge in [0.25, 0.3) is 0 Å². The van der Waals surface area contributed by atoms with Crippen LogP contribution in [-0.2, 0) is 13.1 Å². The second-order valence-electron chi connectivity index (χ2n) is 6.17. The van der Waals surface area contributed by atoms with Crippen molar-refractivity contribution in [3.05, 3.63) is 54.2 Å². The molecule has 3 aromatic rings. The third kappa shape index (κ3) is 5.34. The molecule has 9 nitrogen and oxygen atoms in total. The molecule has 0 spiro atoms. The van der Waals surface area contributed by atoms with Crippen LogP contribution in [0.5, 0.6) is 0 Å². The van der Waals surface area contributed by atoms with Crippen molar-refractivity contribution < 1.29 is 4.79 Å². The van der Waals surface area contributed by atoms with Crippen LogP contribution in [-0.4, -0.2) is 49.2 Å². The summed E-state index contributed by atoms with van der Waals surface area (Å²) in [6, 6.07) is 7.55. The highest BCUT2D eigenvalue weighted by Gasteiger charge is 2.09. The fraction of sp³-hybridized carbons (Fsp3) is 0.316. The highest BCUT2D eigenvalue weighted by molar-refractivity contribution is 5.89. The fourth-order valence-corrected chi connectivity index (χ4v) is 2.70. The number of hydrogen-bond acceptors (Lipinski definition) is 6. The molecule has 2 heterocycles. The van der Waals surface area contributed by atoms with Gasteiger partial charge in [0.2, 0.25) is 5.82 Å². The zero-order chi connectivity index (χ0) is 19.8. The van der Waals surface area contributed by atoms with Gasteiger partial charge in [-0.05, 0) is 30.8 Å². The highest BCUT2D eigenvalue weighted by atomic mass is 16.2. The number of hydrogen-bond donors (Lipinski definition) is 3. The summed E-state index contributed by atoms with van der Waals surface area (Å²) in [4.78, 5) is 26.9. The second-order valence-corrected chi connectivity index (χ2v) is 6.17. The van der Waals surface area contributed by atoms with Gasteiger partial charge in [-0.25, -0.2) is 14.8 Å². The molecule has 28 heavy (non-hydrogen) atoms. The Morgan fingerprint density at radius 3 is 2.82 bits per heavy atom. The van der Waals surface area contributed by atoms with Crippen molar-refractivity contribution in [3.63, 3.8) is 0 Å². The average Bonchev–Trinajstić information content (AvgIpc) is 3.20. The van der Waals surface area contributed by atoms with Gasteiger partial charge in [0.1, 0.15) is 11.5 Å². The van der Waals surface area contributed by atoms with Gasteiger partial charge in [0.15, 0.2) is 0 Å². The summed E-state index contributed by atoms with van der Waals surface area (Å²) in [5, 5.41) is 12.5. The van der Waals surface area contributed by atoms with Gasteiger partial charge in [-0.15, -0.1) is 0 Å². The largest absolute Gasteiger partial charge is 0.331 e. The Balaban J connectivity index is 1.53. The molecule has 0 bridgehead atoms. The maximum absolute atomic E-state index is 12.2. The first-order valence-electron chi connectivity index (χ1n) is 9.21. The van der Waals surface area contributed by atoms with Gasteiger partial charge in [-0.3, -0.25) is 15.0 Å². The number of H-pyrrole nitrogens is 1. The van der Waals surface area contributed by atoms with Crippen LogP contribution in [0.1, 0.15) is 25.2 Å². The van der Waals surface area contributed by atoms with E-state index in [9.17, 15) is 4.79 Å². The Morgan fingerprint density at radius 1 is 1.21 bits per heavy atom. The topological polar surface area (TPSA) is 112 Å². The van der Waals surface area contributed by atoms with Gasteiger partial charge in [-0.2, -0.15) is 5.10 Å². The van der Waals surface area contributed by atoms with Crippen molar-refractivity contribution in [2.75, 3.05) is 18.4 Å². The molecule has 0 saturated heterocycles. The van der Waals surface area contributed by atoms with Crippen LogP contribution >= 0.6 is 0 Å². The van der Waals surface area contributed by atoms with Crippen LogP contribution in [0.4, 0.5) is 10.5 Å². The molecule has 146 valence electrons. The third-order valence-corrected chi connectivity index (χ3v) is 4.23. The lowest BCUT2D eigenvalue weighted by molar-refractivity contribution is 0.251. The fourth-order valence-electron chi connectivity index (χ4n) is 2.70. The lowest BCUT2D eigenvalue weighted by Gasteiger charge is -2.18. The lowest BCUT2D eigenvalue weighted by Crippen LogP contribution is -2.28. The van der Waals surface area contributed by atoms with Crippen LogP contribution in [0.15, 0.2) is 42.9 Å². The molecule has 0 saturated carbocycles. The predicted octanol–water partition coefficient (Wildman–Crippen LogP) is 2.43. The Labute approximate surface area is 163 Å². The second kappa shape index (κ2) is 9.56. The molecule has 2 aromatic heterocycles. The molecule has 3 N–H and O–H groups in total. The molecule has 9 heteroatoms. The lowest BCUT2D eigenvalue weighted by atomic mass is 10.2. The van der Waals surface area contributed by atoms with Gasteiger partial charge in [0, 0.05) is 24.6 Å². The van der Waals surface area contributed by atoms with E-state index >= 15 is 0 Å². The molecule has 0 aliphatic heterocycles. The molecular weight excluding hydrogens is 356 g/mol. The summed E-state index contributed by atoms with van der Waals surface area (Å²) in [5.74, 6) is 0.973. The maximum atomic E-state index is 12.2. The first-order chi connectivity index (χ1) is 13.7. The van der Waals surface area contributed by atoms with Crippen LogP contribution in [0.2, 0.25) is 0 Å². The molecular formula is C19H24N8O. The zero-order valence-corrected chi connectivity index (χ0v) is 16.0. The van der Waals surface area contributed by atoms with Crippen LogP contribution in [0.3, 0.4) is 0 Å². The summed E-state index contributed by atoms with van der Waals surface area (Å²) in [5.41, 5.74) is 2.48. The van der Waals surface area contributed by atoms with Gasteiger partial charge < -0.3 is 10.6 Å². The van der Waals surface area contributed by atoms with E-state index < -0.39 is 0 Å². The number of urea groups is 1. The summed E-state index contributed by atoms with van der Waals surface area (Å²) in [7, 11) is 0. The number of carbonyl (C=O) groups excluding carboxylic acids is 1. The molecule has 0 atom stereocenters. The molecule has 0 aliphatic carbocycles. The van der Waals surface area contributed by atoms with E-state index in [2.05, 4.69) is 60.6 Å². The quantitative estimate of drug-likeness (QED) is 0.553. The number of nitrogens with one attached hydrogen (secondary N) is 3. The minimum atomic E-state index is -0.308. The number of carbonyl (C=O) groups is 1. The highest BCUT2D eigenvalue weighted by Crippen LogP contribution is 2.13. The molecule has 0 fully saturated rings. The van der Waals surface area contributed by atoms with Gasteiger partial charge in [0.05, 0.1) is 12.7 Å². The number of aromatic nitrogens is 5. The summed E-state index contributed by atoms with van der Waals surface area (Å²) >= 11 is 0. The third-order valence-electron chi connectivity index (χ3n) is 4.23. The Kier molecular flexibility index (Phi) is 6.64. The predicted molar refractivity (Wildman–Crippen MR) is 106 cm³/mol. The number of nitrogens with zero attached hydrogens (tertiary/aromatic N) is 5. The van der Waals surface area contributed by atoms with E-state index in [1.807, 2.05) is 18.2 Å². The van der Waals surface area contributed by atoms with E-state index in [0.717, 1.165) is 30.9 Å². The number of rotatable bonds is 8. The van der Waals surface area contributed by atoms with Crippen molar-refractivity contribution in [1.29, 1.82) is 0 Å². The van der Waals surface area contributed by atoms with E-state index in [1.165, 1.54) is 0 Å². The molecule has 0 radical (unpaired) electrons. The molecule has 3 rings (SSSR count). The smallest absolute Gasteiger partial charge is 0.319 e. The SMILES string of the molecule is CCN(CC)Cc1cccc(NC(=O)NCc2nc(-c3cnccn3)n[nH]2)c1. The monoisotopic (exact) mass is 380 g/mol. The number of anilines is 1. The van der Waals surface area contributed by atoms with Crippen molar-refractivity contribution in [2.45, 2.75) is 26.9 Å². The van der Waals surface area contributed by atoms with Crippen LogP contribution in [0.25, 0.3) is 11.5 Å². The van der Waals surface area contributed by atoms with E-state index in [1.54, 1.807) is 18.6 Å². The number of amides is 2. The zero-order valence-electron chi connectivity index (χ0n) is 16.0. The normalized spacial score (nSPS) is 10.8. The van der Waals surface area contributed by atoms with Crippen LogP contribution < -0.4 is 10.6 Å². The van der Waals surface area contributed by atoms with E-state index in [-0.39, 0.29) is 12.6 Å². The summed E-state index contributed by atoms with van der Waals surface area (Å²) in [6.45, 7) is 7.33. The minimum Gasteiger partial charge on any atom is -0.331 e. The molecule has 0 unspecified atom stereocenters. The van der Waals surface area contributed by atoms with Gasteiger partial charge >= 0.3 is 6.03 Å². The Bertz CT molecular complexity index is 892.